The first-order valence-corrected chi connectivity index (χ1v) is 10.9. The molecule has 4 aliphatic carbocycles. The highest BCUT2D eigenvalue weighted by atomic mass is 16.5. The van der Waals surface area contributed by atoms with Crippen LogP contribution in [-0.4, -0.2) is 51.5 Å². The van der Waals surface area contributed by atoms with Crippen molar-refractivity contribution in [2.75, 3.05) is 6.61 Å². The lowest BCUT2D eigenvalue weighted by Gasteiger charge is -2.49. The first-order valence-electron chi connectivity index (χ1n) is 10.9. The van der Waals surface area contributed by atoms with Crippen molar-refractivity contribution in [3.63, 3.8) is 0 Å². The van der Waals surface area contributed by atoms with Crippen LogP contribution in [0.1, 0.15) is 47.0 Å². The van der Waals surface area contributed by atoms with Crippen LogP contribution in [0.3, 0.4) is 0 Å². The Morgan fingerprint density at radius 1 is 1.24 bits per heavy atom. The van der Waals surface area contributed by atoms with Crippen molar-refractivity contribution in [3.05, 3.63) is 12.2 Å². The summed E-state index contributed by atoms with van der Waals surface area (Å²) in [6.45, 7) is 11.1. The first kappa shape index (κ1) is 21.0. The van der Waals surface area contributed by atoms with Crippen LogP contribution >= 0.6 is 0 Å². The number of carbonyl (C=O) groups excluding carboxylic acids is 2. The van der Waals surface area contributed by atoms with Gasteiger partial charge in [-0.05, 0) is 49.9 Å². The zero-order chi connectivity index (χ0) is 21.5. The van der Waals surface area contributed by atoms with Gasteiger partial charge in [-0.1, -0.05) is 26.0 Å². The molecule has 0 radical (unpaired) electrons. The van der Waals surface area contributed by atoms with Crippen LogP contribution < -0.4 is 0 Å². The molecule has 4 saturated carbocycles. The summed E-state index contributed by atoms with van der Waals surface area (Å²) < 4.78 is 5.75. The summed E-state index contributed by atoms with van der Waals surface area (Å²) in [4.78, 5) is 24.9. The molecular weight excluding hydrogens is 372 g/mol. The molecule has 3 N–H and O–H groups in total. The Balaban J connectivity index is 1.83. The molecule has 6 heteroatoms. The van der Waals surface area contributed by atoms with Crippen LogP contribution in [0, 0.1) is 46.8 Å². The number of rotatable bonds is 3. The highest BCUT2D eigenvalue weighted by Crippen LogP contribution is 2.71. The number of carbonyl (C=O) groups is 2. The number of ketones is 1. The Labute approximate surface area is 172 Å². The molecule has 0 bridgehead atoms. The lowest BCUT2D eigenvalue weighted by atomic mass is 9.58. The fraction of sp³-hybridized carbons (Fsp3) is 0.826. The number of fused-ring (bicyclic) bond motifs is 5. The van der Waals surface area contributed by atoms with Crippen molar-refractivity contribution in [3.8, 4) is 0 Å². The van der Waals surface area contributed by atoms with Crippen molar-refractivity contribution in [2.45, 2.75) is 64.8 Å². The molecule has 0 amide bonds. The summed E-state index contributed by atoms with van der Waals surface area (Å²) in [5, 5.41) is 33.1. The van der Waals surface area contributed by atoms with E-state index in [0.29, 0.717) is 12.8 Å². The number of hydrogen-bond donors (Lipinski definition) is 3. The monoisotopic (exact) mass is 406 g/mol. The molecule has 0 saturated heterocycles. The number of ether oxygens (including phenoxy) is 1. The van der Waals surface area contributed by atoms with E-state index in [1.165, 1.54) is 6.92 Å². The molecular formula is C23H34O6. The molecule has 0 aliphatic heterocycles. The fourth-order valence-electron chi connectivity index (χ4n) is 7.50. The van der Waals surface area contributed by atoms with Gasteiger partial charge < -0.3 is 20.1 Å². The number of aliphatic hydroxyl groups is 3. The second kappa shape index (κ2) is 6.63. The van der Waals surface area contributed by atoms with Gasteiger partial charge in [0.05, 0.1) is 12.7 Å². The van der Waals surface area contributed by atoms with E-state index in [0.717, 1.165) is 12.0 Å². The molecule has 0 heterocycles. The number of esters is 1. The van der Waals surface area contributed by atoms with E-state index < -0.39 is 23.0 Å². The molecule has 11 atom stereocenters. The third-order valence-electron chi connectivity index (χ3n) is 8.91. The van der Waals surface area contributed by atoms with Crippen LogP contribution in [0.25, 0.3) is 0 Å². The predicted octanol–water partition coefficient (Wildman–Crippen LogP) is 1.71. The Kier molecular flexibility index (Phi) is 4.80. The van der Waals surface area contributed by atoms with Gasteiger partial charge in [0.25, 0.3) is 0 Å². The van der Waals surface area contributed by atoms with Crippen molar-refractivity contribution in [2.24, 2.45) is 46.8 Å². The number of Topliss-reactive ketones (excluding diaryl/α,β-unsaturated/α-hetero) is 1. The molecule has 29 heavy (non-hydrogen) atoms. The van der Waals surface area contributed by atoms with E-state index in [4.69, 9.17) is 4.74 Å². The summed E-state index contributed by atoms with van der Waals surface area (Å²) in [6, 6.07) is 0. The topological polar surface area (TPSA) is 104 Å². The molecule has 0 aromatic carbocycles. The second-order valence-electron chi connectivity index (χ2n) is 10.4. The second-order valence-corrected chi connectivity index (χ2v) is 10.4. The molecule has 0 spiro atoms. The lowest BCUT2D eigenvalue weighted by Crippen LogP contribution is -2.58. The number of hydrogen-bond acceptors (Lipinski definition) is 6. The van der Waals surface area contributed by atoms with Crippen LogP contribution in [0.4, 0.5) is 0 Å². The SMILES string of the molecule is C=C(C)[C@H]1CC2C(C3C[C@H](C)C(=O)[C@@]3(O)[C@H](O)[C@@]3(CO)C[C@@H]23)[C@H](C)[C@H]1OC(C)=O. The standard InChI is InChI=1S/C23H34O6/c1-10(2)14-7-15-17-8-22(17,9-24)21(27)23(28)16(6-11(3)20(23)26)18(15)12(4)19(14)29-13(5)25/h11-12,14-19,21,24,27-28H,1,6-9H2,2-5H3/t11-,12-,14+,15?,16?,17-,18?,19+,21+,22+,23+/m0/s1. The zero-order valence-corrected chi connectivity index (χ0v) is 17.8. The summed E-state index contributed by atoms with van der Waals surface area (Å²) in [5.41, 5.74) is -1.71. The van der Waals surface area contributed by atoms with E-state index in [1.54, 1.807) is 6.92 Å². The number of aliphatic hydroxyl groups excluding tert-OH is 2. The first-order chi connectivity index (χ1) is 13.5. The van der Waals surface area contributed by atoms with Crippen LogP contribution in [0.2, 0.25) is 0 Å². The van der Waals surface area contributed by atoms with Gasteiger partial charge >= 0.3 is 5.97 Å². The van der Waals surface area contributed by atoms with Gasteiger partial charge in [-0.2, -0.15) is 0 Å². The Hall–Kier alpha value is -1.24. The Morgan fingerprint density at radius 2 is 1.90 bits per heavy atom. The van der Waals surface area contributed by atoms with Gasteiger partial charge in [-0.3, -0.25) is 9.59 Å². The predicted molar refractivity (Wildman–Crippen MR) is 105 cm³/mol. The van der Waals surface area contributed by atoms with Crippen molar-refractivity contribution in [1.82, 2.24) is 0 Å². The van der Waals surface area contributed by atoms with Gasteiger partial charge in [0, 0.05) is 30.1 Å². The van der Waals surface area contributed by atoms with E-state index >= 15 is 0 Å². The fourth-order valence-corrected chi connectivity index (χ4v) is 7.50. The molecule has 4 rings (SSSR count). The molecule has 0 aromatic rings. The van der Waals surface area contributed by atoms with E-state index in [-0.39, 0.29) is 60.0 Å². The summed E-state index contributed by atoms with van der Waals surface area (Å²) in [5.74, 6) is -1.38. The van der Waals surface area contributed by atoms with E-state index in [9.17, 15) is 24.9 Å². The van der Waals surface area contributed by atoms with Gasteiger partial charge in [-0.15, -0.1) is 0 Å². The highest BCUT2D eigenvalue weighted by molar-refractivity contribution is 5.92. The molecule has 0 aromatic heterocycles. The minimum absolute atomic E-state index is 0.00925. The summed E-state index contributed by atoms with van der Waals surface area (Å²) in [6.07, 6.45) is 0.226. The highest BCUT2D eigenvalue weighted by Gasteiger charge is 2.76. The largest absolute Gasteiger partial charge is 0.462 e. The van der Waals surface area contributed by atoms with Gasteiger partial charge in [0.15, 0.2) is 11.4 Å². The zero-order valence-electron chi connectivity index (χ0n) is 17.8. The normalized spacial score (nSPS) is 53.3. The smallest absolute Gasteiger partial charge is 0.302 e. The van der Waals surface area contributed by atoms with Crippen molar-refractivity contribution in [1.29, 1.82) is 0 Å². The Bertz CT molecular complexity index is 748. The Morgan fingerprint density at radius 3 is 2.45 bits per heavy atom. The van der Waals surface area contributed by atoms with Crippen molar-refractivity contribution < 1.29 is 29.6 Å². The molecule has 162 valence electrons. The maximum atomic E-state index is 13.1. The van der Waals surface area contributed by atoms with Crippen molar-refractivity contribution >= 4 is 11.8 Å². The third-order valence-corrected chi connectivity index (χ3v) is 8.91. The molecule has 4 aliphatic rings. The van der Waals surface area contributed by atoms with Gasteiger partial charge in [-0.25, -0.2) is 0 Å². The molecule has 3 unspecified atom stereocenters. The maximum absolute atomic E-state index is 13.1. The minimum atomic E-state index is -1.85. The third kappa shape index (κ3) is 2.64. The minimum Gasteiger partial charge on any atom is -0.462 e. The van der Waals surface area contributed by atoms with Crippen LogP contribution in [0.5, 0.6) is 0 Å². The van der Waals surface area contributed by atoms with Crippen LogP contribution in [-0.2, 0) is 14.3 Å². The summed E-state index contributed by atoms with van der Waals surface area (Å²) in [7, 11) is 0. The van der Waals surface area contributed by atoms with Gasteiger partial charge in [0.1, 0.15) is 6.10 Å². The summed E-state index contributed by atoms with van der Waals surface area (Å²) >= 11 is 0. The van der Waals surface area contributed by atoms with E-state index in [2.05, 4.69) is 6.58 Å². The van der Waals surface area contributed by atoms with Crippen LogP contribution in [0.15, 0.2) is 12.2 Å². The van der Waals surface area contributed by atoms with Gasteiger partial charge in [0.2, 0.25) is 0 Å². The molecule has 4 fully saturated rings. The average Bonchev–Trinajstić information content (AvgIpc) is 3.36. The average molecular weight is 407 g/mol. The van der Waals surface area contributed by atoms with E-state index in [1.807, 2.05) is 13.8 Å². The maximum Gasteiger partial charge on any atom is 0.302 e. The quantitative estimate of drug-likeness (QED) is 0.487. The molecule has 6 nitrogen and oxygen atoms in total. The lowest BCUT2D eigenvalue weighted by molar-refractivity contribution is -0.176.